The smallest absolute Gasteiger partial charge is 0.357 e. The Morgan fingerprint density at radius 1 is 1.26 bits per heavy atom. The Morgan fingerprint density at radius 3 is 2.43 bits per heavy atom. The number of halogens is 4. The Hall–Kier alpha value is -0.250. The predicted molar refractivity (Wildman–Crippen MR) is 99.5 cm³/mol. The minimum absolute atomic E-state index is 0. The van der Waals surface area contributed by atoms with Crippen molar-refractivity contribution >= 4 is 29.9 Å². The van der Waals surface area contributed by atoms with Gasteiger partial charge in [0.25, 0.3) is 0 Å². The van der Waals surface area contributed by atoms with Gasteiger partial charge in [-0.05, 0) is 32.4 Å². The van der Waals surface area contributed by atoms with E-state index in [0.717, 1.165) is 39.1 Å². The number of likely N-dealkylation sites (tertiary alicyclic amines) is 1. The Balaban J connectivity index is 0.00000484. The van der Waals surface area contributed by atoms with E-state index in [1.54, 1.807) is 0 Å². The first-order chi connectivity index (χ1) is 10.4. The number of guanidine groups is 1. The monoisotopic (exact) mass is 450 g/mol. The van der Waals surface area contributed by atoms with E-state index in [4.69, 9.17) is 0 Å². The summed E-state index contributed by atoms with van der Waals surface area (Å²) in [6.07, 6.45) is -3.93. The van der Waals surface area contributed by atoms with E-state index in [1.165, 1.54) is 0 Å². The van der Waals surface area contributed by atoms with Gasteiger partial charge in [0.1, 0.15) is 0 Å². The van der Waals surface area contributed by atoms with Gasteiger partial charge in [0.05, 0.1) is 13.0 Å². The zero-order valence-electron chi connectivity index (χ0n) is 14.3. The molecule has 1 saturated heterocycles. The van der Waals surface area contributed by atoms with E-state index in [-0.39, 0.29) is 30.5 Å². The van der Waals surface area contributed by atoms with Gasteiger partial charge in [-0.2, -0.15) is 13.2 Å². The molecule has 138 valence electrons. The lowest BCUT2D eigenvalue weighted by Gasteiger charge is -2.24. The quantitative estimate of drug-likeness (QED) is 0.367. The van der Waals surface area contributed by atoms with Crippen LogP contribution >= 0.6 is 24.0 Å². The molecule has 0 spiro atoms. The van der Waals surface area contributed by atoms with E-state index in [0.29, 0.717) is 18.4 Å². The molecule has 0 bridgehead atoms. The van der Waals surface area contributed by atoms with E-state index in [9.17, 15) is 13.2 Å². The summed E-state index contributed by atoms with van der Waals surface area (Å²) in [7, 11) is 0. The Kier molecular flexibility index (Phi) is 11.2. The van der Waals surface area contributed by atoms with Crippen molar-refractivity contribution < 1.29 is 13.2 Å². The van der Waals surface area contributed by atoms with Crippen molar-refractivity contribution in [3.8, 4) is 0 Å². The van der Waals surface area contributed by atoms with Crippen molar-refractivity contribution in [2.24, 2.45) is 10.9 Å². The summed E-state index contributed by atoms with van der Waals surface area (Å²) in [6, 6.07) is 0. The molecule has 23 heavy (non-hydrogen) atoms. The number of hydrogen-bond donors (Lipinski definition) is 1. The van der Waals surface area contributed by atoms with Gasteiger partial charge < -0.3 is 15.1 Å². The summed E-state index contributed by atoms with van der Waals surface area (Å²) < 4.78 is 36.7. The van der Waals surface area contributed by atoms with E-state index in [2.05, 4.69) is 34.0 Å². The Bertz CT molecular complexity index is 346. The molecule has 0 aromatic rings. The lowest BCUT2D eigenvalue weighted by atomic mass is 10.1. The van der Waals surface area contributed by atoms with Crippen molar-refractivity contribution in [2.75, 3.05) is 45.8 Å². The second-order valence-corrected chi connectivity index (χ2v) is 5.69. The summed E-state index contributed by atoms with van der Waals surface area (Å²) in [5.41, 5.74) is 0. The number of alkyl halides is 3. The molecule has 1 unspecified atom stereocenters. The number of hydrogen-bond acceptors (Lipinski definition) is 2. The molecule has 1 aliphatic rings. The van der Waals surface area contributed by atoms with E-state index in [1.807, 2.05) is 6.92 Å². The summed E-state index contributed by atoms with van der Waals surface area (Å²) in [5.74, 6) is 1.18. The molecule has 0 saturated carbocycles. The first kappa shape index (κ1) is 22.8. The zero-order chi connectivity index (χ0) is 16.6. The highest BCUT2D eigenvalue weighted by molar-refractivity contribution is 14.0. The predicted octanol–water partition coefficient (Wildman–Crippen LogP) is 3.19. The minimum Gasteiger partial charge on any atom is -0.357 e. The number of rotatable bonds is 7. The highest BCUT2D eigenvalue weighted by Crippen LogP contribution is 2.20. The molecule has 1 N–H and O–H groups in total. The zero-order valence-corrected chi connectivity index (χ0v) is 16.7. The standard InChI is InChI=1S/C15H29F3N4.HI/c1-4-19-14(20-9-8-15(16,17)18)22-10-7-13(12-22)11-21(5-2)6-3;/h13H,4-12H2,1-3H3,(H,19,20);1H. The third-order valence-corrected chi connectivity index (χ3v) is 3.99. The second kappa shape index (κ2) is 11.3. The summed E-state index contributed by atoms with van der Waals surface area (Å²) in [5, 5.41) is 3.11. The highest BCUT2D eigenvalue weighted by Gasteiger charge is 2.28. The fourth-order valence-corrected chi connectivity index (χ4v) is 2.74. The van der Waals surface area contributed by atoms with Gasteiger partial charge in [-0.3, -0.25) is 4.99 Å². The van der Waals surface area contributed by atoms with E-state index >= 15 is 0 Å². The largest absolute Gasteiger partial charge is 0.390 e. The van der Waals surface area contributed by atoms with E-state index < -0.39 is 12.6 Å². The number of nitrogens with one attached hydrogen (secondary N) is 1. The Labute approximate surface area is 154 Å². The molecule has 4 nitrogen and oxygen atoms in total. The third-order valence-electron chi connectivity index (χ3n) is 3.99. The van der Waals surface area contributed by atoms with Crippen LogP contribution in [-0.2, 0) is 0 Å². The average molecular weight is 450 g/mol. The van der Waals surface area contributed by atoms with Gasteiger partial charge in [-0.15, -0.1) is 24.0 Å². The van der Waals surface area contributed by atoms with Gasteiger partial charge in [0, 0.05) is 26.2 Å². The van der Waals surface area contributed by atoms with Gasteiger partial charge >= 0.3 is 6.18 Å². The van der Waals surface area contributed by atoms with Crippen molar-refractivity contribution in [2.45, 2.75) is 39.8 Å². The fraction of sp³-hybridized carbons (Fsp3) is 0.933. The van der Waals surface area contributed by atoms with Crippen LogP contribution in [0.3, 0.4) is 0 Å². The average Bonchev–Trinajstić information content (AvgIpc) is 2.91. The van der Waals surface area contributed by atoms with Crippen molar-refractivity contribution in [3.05, 3.63) is 0 Å². The molecule has 0 amide bonds. The minimum atomic E-state index is -4.14. The molecule has 8 heteroatoms. The van der Waals surface area contributed by atoms with Crippen LogP contribution in [0.25, 0.3) is 0 Å². The molecular weight excluding hydrogens is 420 g/mol. The number of nitrogens with zero attached hydrogens (tertiary/aromatic N) is 3. The maximum Gasteiger partial charge on any atom is 0.390 e. The molecule has 0 aromatic heterocycles. The van der Waals surface area contributed by atoms with Crippen LogP contribution < -0.4 is 5.32 Å². The molecule has 1 atom stereocenters. The van der Waals surface area contributed by atoms with Crippen LogP contribution in [0.1, 0.15) is 33.6 Å². The van der Waals surface area contributed by atoms with Gasteiger partial charge in [-0.25, -0.2) is 0 Å². The first-order valence-corrected chi connectivity index (χ1v) is 8.21. The molecular formula is C15H30F3IN4. The van der Waals surface area contributed by atoms with Crippen LogP contribution in [0.2, 0.25) is 0 Å². The van der Waals surface area contributed by atoms with Crippen LogP contribution in [0, 0.1) is 5.92 Å². The highest BCUT2D eigenvalue weighted by atomic mass is 127. The maximum absolute atomic E-state index is 12.2. The molecule has 1 fully saturated rings. The van der Waals surface area contributed by atoms with Crippen LogP contribution in [0.5, 0.6) is 0 Å². The van der Waals surface area contributed by atoms with Crippen molar-refractivity contribution in [1.29, 1.82) is 0 Å². The Morgan fingerprint density at radius 2 is 1.91 bits per heavy atom. The summed E-state index contributed by atoms with van der Waals surface area (Å²) in [6.45, 7) is 11.6. The van der Waals surface area contributed by atoms with Crippen molar-refractivity contribution in [3.63, 3.8) is 0 Å². The first-order valence-electron chi connectivity index (χ1n) is 8.21. The molecule has 1 heterocycles. The van der Waals surface area contributed by atoms with Gasteiger partial charge in [-0.1, -0.05) is 13.8 Å². The van der Waals surface area contributed by atoms with Crippen LogP contribution in [-0.4, -0.2) is 67.7 Å². The molecule has 1 aliphatic heterocycles. The van der Waals surface area contributed by atoms with Gasteiger partial charge in [0.15, 0.2) is 5.96 Å². The van der Waals surface area contributed by atoms with Crippen LogP contribution in [0.15, 0.2) is 4.99 Å². The van der Waals surface area contributed by atoms with Gasteiger partial charge in [0.2, 0.25) is 0 Å². The molecule has 0 aliphatic carbocycles. The SMILES string of the molecule is CCNC(=NCCC(F)(F)F)N1CCC(CN(CC)CC)C1.I. The number of aliphatic imine (C=N–C) groups is 1. The second-order valence-electron chi connectivity index (χ2n) is 5.69. The van der Waals surface area contributed by atoms with Crippen LogP contribution in [0.4, 0.5) is 13.2 Å². The summed E-state index contributed by atoms with van der Waals surface area (Å²) >= 11 is 0. The maximum atomic E-state index is 12.2. The molecule has 0 radical (unpaired) electrons. The lowest BCUT2D eigenvalue weighted by molar-refractivity contribution is -0.132. The molecule has 1 rings (SSSR count). The van der Waals surface area contributed by atoms with Crippen molar-refractivity contribution in [1.82, 2.24) is 15.1 Å². The molecule has 0 aromatic carbocycles. The lowest BCUT2D eigenvalue weighted by Crippen LogP contribution is -2.41. The normalized spacial score (nSPS) is 19.2. The third kappa shape index (κ3) is 8.97. The topological polar surface area (TPSA) is 30.9 Å². The fourth-order valence-electron chi connectivity index (χ4n) is 2.74. The summed E-state index contributed by atoms with van der Waals surface area (Å²) in [4.78, 5) is 8.61.